The van der Waals surface area contributed by atoms with Crippen LogP contribution in [0, 0.1) is 11.8 Å². The van der Waals surface area contributed by atoms with E-state index < -0.39 is 10.8 Å². The second-order valence-corrected chi connectivity index (χ2v) is 6.50. The summed E-state index contributed by atoms with van der Waals surface area (Å²) in [7, 11) is -0.639. The van der Waals surface area contributed by atoms with Gasteiger partial charge in [0.25, 0.3) is 0 Å². The molecule has 0 aromatic rings. The largest absolute Gasteiger partial charge is 0.316 e. The van der Waals surface area contributed by atoms with Crippen LogP contribution in [-0.4, -0.2) is 29.3 Å². The number of hydrogen-bond donors (Lipinski definition) is 1. The molecule has 0 aliphatic heterocycles. The molecule has 0 saturated heterocycles. The van der Waals surface area contributed by atoms with Crippen LogP contribution in [0.3, 0.4) is 0 Å². The molecular weight excluding hydrogens is 218 g/mol. The number of nitrogens with one attached hydrogen (secondary N) is 1. The molecule has 0 bridgehead atoms. The fourth-order valence-electron chi connectivity index (χ4n) is 2.40. The standard InChI is InChI=1S/C13H25NOS/c1-11-6-4-7-12(2)13(11)10-14-8-5-9-16(3)15/h6,12-14H,4-5,7-10H2,1-3H3. The monoisotopic (exact) mass is 243 g/mol. The molecule has 0 radical (unpaired) electrons. The minimum atomic E-state index is -0.639. The van der Waals surface area contributed by atoms with Crippen molar-refractivity contribution in [2.24, 2.45) is 11.8 Å². The smallest absolute Gasteiger partial charge is 0.0244 e. The maximum absolute atomic E-state index is 10.9. The van der Waals surface area contributed by atoms with Gasteiger partial charge in [0, 0.05) is 29.4 Å². The lowest BCUT2D eigenvalue weighted by molar-refractivity contribution is 0.351. The van der Waals surface area contributed by atoms with E-state index in [0.717, 1.165) is 31.2 Å². The SMILES string of the molecule is CC1=CCCC(C)C1CNCCCS(C)=O. The van der Waals surface area contributed by atoms with Gasteiger partial charge in [-0.15, -0.1) is 0 Å². The van der Waals surface area contributed by atoms with E-state index in [4.69, 9.17) is 0 Å². The molecule has 0 spiro atoms. The van der Waals surface area contributed by atoms with Crippen molar-refractivity contribution in [1.29, 1.82) is 0 Å². The topological polar surface area (TPSA) is 29.1 Å². The van der Waals surface area contributed by atoms with Gasteiger partial charge in [-0.2, -0.15) is 0 Å². The van der Waals surface area contributed by atoms with Gasteiger partial charge in [-0.05, 0) is 44.6 Å². The average Bonchev–Trinajstić information content (AvgIpc) is 2.21. The van der Waals surface area contributed by atoms with Gasteiger partial charge < -0.3 is 5.32 Å². The molecular formula is C13H25NOS. The third-order valence-corrected chi connectivity index (χ3v) is 4.37. The Balaban J connectivity index is 2.18. The normalized spacial score (nSPS) is 27.6. The first-order valence-electron chi connectivity index (χ1n) is 6.28. The molecule has 1 aliphatic rings. The van der Waals surface area contributed by atoms with Crippen LogP contribution >= 0.6 is 0 Å². The Hall–Kier alpha value is -0.150. The minimum absolute atomic E-state index is 0.639. The summed E-state index contributed by atoms with van der Waals surface area (Å²) < 4.78 is 10.9. The van der Waals surface area contributed by atoms with Gasteiger partial charge in [0.2, 0.25) is 0 Å². The van der Waals surface area contributed by atoms with Crippen LogP contribution in [0.2, 0.25) is 0 Å². The van der Waals surface area contributed by atoms with Crippen molar-refractivity contribution in [1.82, 2.24) is 5.32 Å². The van der Waals surface area contributed by atoms with Gasteiger partial charge in [0.05, 0.1) is 0 Å². The van der Waals surface area contributed by atoms with Crippen LogP contribution in [0.15, 0.2) is 11.6 Å². The van der Waals surface area contributed by atoms with Gasteiger partial charge >= 0.3 is 0 Å². The lowest BCUT2D eigenvalue weighted by Gasteiger charge is -2.29. The molecule has 94 valence electrons. The van der Waals surface area contributed by atoms with Gasteiger partial charge in [0.1, 0.15) is 0 Å². The molecule has 1 aliphatic carbocycles. The molecule has 0 aromatic heterocycles. The zero-order valence-corrected chi connectivity index (χ0v) is 11.6. The minimum Gasteiger partial charge on any atom is -0.316 e. The number of rotatable bonds is 6. The van der Waals surface area contributed by atoms with E-state index in [9.17, 15) is 4.21 Å². The molecule has 3 unspecified atom stereocenters. The third kappa shape index (κ3) is 4.79. The zero-order chi connectivity index (χ0) is 12.0. The van der Waals surface area contributed by atoms with Crippen molar-refractivity contribution < 1.29 is 4.21 Å². The van der Waals surface area contributed by atoms with E-state index in [2.05, 4.69) is 25.2 Å². The lowest BCUT2D eigenvalue weighted by atomic mass is 9.80. The molecule has 0 heterocycles. The van der Waals surface area contributed by atoms with Crippen LogP contribution in [0.25, 0.3) is 0 Å². The van der Waals surface area contributed by atoms with Gasteiger partial charge in [-0.3, -0.25) is 4.21 Å². The first-order chi connectivity index (χ1) is 7.61. The van der Waals surface area contributed by atoms with Crippen molar-refractivity contribution in [2.75, 3.05) is 25.1 Å². The summed E-state index contributed by atoms with van der Waals surface area (Å²) in [6.45, 7) is 6.68. The van der Waals surface area contributed by atoms with Crippen LogP contribution in [0.5, 0.6) is 0 Å². The highest BCUT2D eigenvalue weighted by atomic mass is 32.2. The van der Waals surface area contributed by atoms with E-state index in [1.165, 1.54) is 12.8 Å². The van der Waals surface area contributed by atoms with Crippen LogP contribution in [0.4, 0.5) is 0 Å². The predicted molar refractivity (Wildman–Crippen MR) is 72.1 cm³/mol. The first-order valence-corrected chi connectivity index (χ1v) is 8.01. The number of allylic oxidation sites excluding steroid dienone is 1. The van der Waals surface area contributed by atoms with E-state index in [-0.39, 0.29) is 0 Å². The Bertz CT molecular complexity index is 263. The summed E-state index contributed by atoms with van der Waals surface area (Å²) in [5.41, 5.74) is 1.55. The van der Waals surface area contributed by atoms with E-state index in [1.54, 1.807) is 11.8 Å². The molecule has 0 aromatic carbocycles. The summed E-state index contributed by atoms with van der Waals surface area (Å²) in [5.74, 6) is 2.33. The average molecular weight is 243 g/mol. The molecule has 1 N–H and O–H groups in total. The lowest BCUT2D eigenvalue weighted by Crippen LogP contribution is -2.30. The quantitative estimate of drug-likeness (QED) is 0.573. The van der Waals surface area contributed by atoms with E-state index in [0.29, 0.717) is 5.92 Å². The highest BCUT2D eigenvalue weighted by Crippen LogP contribution is 2.29. The van der Waals surface area contributed by atoms with Gasteiger partial charge in [0.15, 0.2) is 0 Å². The van der Waals surface area contributed by atoms with Crippen molar-refractivity contribution in [3.8, 4) is 0 Å². The zero-order valence-electron chi connectivity index (χ0n) is 10.8. The fourth-order valence-corrected chi connectivity index (χ4v) is 2.95. The Morgan fingerprint density at radius 1 is 1.56 bits per heavy atom. The molecule has 0 fully saturated rings. The summed E-state index contributed by atoms with van der Waals surface area (Å²) >= 11 is 0. The van der Waals surface area contributed by atoms with Crippen LogP contribution in [-0.2, 0) is 10.8 Å². The maximum Gasteiger partial charge on any atom is 0.0244 e. The summed E-state index contributed by atoms with van der Waals surface area (Å²) in [4.78, 5) is 0. The third-order valence-electron chi connectivity index (χ3n) is 3.51. The predicted octanol–water partition coefficient (Wildman–Crippen LogP) is 2.34. The highest BCUT2D eigenvalue weighted by Gasteiger charge is 2.21. The van der Waals surface area contributed by atoms with Crippen molar-refractivity contribution in [3.63, 3.8) is 0 Å². The van der Waals surface area contributed by atoms with E-state index >= 15 is 0 Å². The molecule has 0 saturated carbocycles. The van der Waals surface area contributed by atoms with Gasteiger partial charge in [-0.25, -0.2) is 0 Å². The second-order valence-electron chi connectivity index (χ2n) is 4.94. The summed E-state index contributed by atoms with van der Waals surface area (Å²) in [6.07, 6.45) is 7.75. The summed E-state index contributed by atoms with van der Waals surface area (Å²) in [6, 6.07) is 0. The van der Waals surface area contributed by atoms with Crippen LogP contribution in [0.1, 0.15) is 33.1 Å². The van der Waals surface area contributed by atoms with Crippen molar-refractivity contribution in [2.45, 2.75) is 33.1 Å². The molecule has 3 atom stereocenters. The Morgan fingerprint density at radius 2 is 2.31 bits per heavy atom. The molecule has 1 rings (SSSR count). The van der Waals surface area contributed by atoms with Crippen molar-refractivity contribution >= 4 is 10.8 Å². The van der Waals surface area contributed by atoms with Crippen molar-refractivity contribution in [3.05, 3.63) is 11.6 Å². The Morgan fingerprint density at radius 3 is 2.94 bits per heavy atom. The molecule has 2 nitrogen and oxygen atoms in total. The Kier molecular flexibility index (Phi) is 6.29. The Labute approximate surface area is 102 Å². The van der Waals surface area contributed by atoms with Gasteiger partial charge in [-0.1, -0.05) is 18.6 Å². The number of hydrogen-bond acceptors (Lipinski definition) is 2. The molecule has 16 heavy (non-hydrogen) atoms. The molecule has 0 amide bonds. The maximum atomic E-state index is 10.9. The highest BCUT2D eigenvalue weighted by molar-refractivity contribution is 7.84. The first kappa shape index (κ1) is 13.9. The molecule has 3 heteroatoms. The van der Waals surface area contributed by atoms with Crippen LogP contribution < -0.4 is 5.32 Å². The second kappa shape index (κ2) is 7.23. The summed E-state index contributed by atoms with van der Waals surface area (Å²) in [5, 5.41) is 3.50. The fraction of sp³-hybridized carbons (Fsp3) is 0.846. The van der Waals surface area contributed by atoms with E-state index in [1.807, 2.05) is 0 Å².